The Morgan fingerprint density at radius 1 is 0.966 bits per heavy atom. The maximum Gasteiger partial charge on any atom is 0.241 e. The van der Waals surface area contributed by atoms with Crippen LogP contribution in [0.2, 0.25) is 0 Å². The minimum absolute atomic E-state index is 0.0340. The van der Waals surface area contributed by atoms with Gasteiger partial charge < -0.3 is 5.32 Å². The molecule has 1 unspecified atom stereocenters. The molecule has 7 heteroatoms. The number of hydrogen-bond donors (Lipinski definition) is 2. The van der Waals surface area contributed by atoms with Crippen LogP contribution in [0.5, 0.6) is 0 Å². The van der Waals surface area contributed by atoms with Crippen molar-refractivity contribution in [2.45, 2.75) is 24.3 Å². The van der Waals surface area contributed by atoms with Crippen molar-refractivity contribution < 1.29 is 13.2 Å². The van der Waals surface area contributed by atoms with Gasteiger partial charge >= 0.3 is 0 Å². The Morgan fingerprint density at radius 2 is 1.66 bits per heavy atom. The Balaban J connectivity index is 1.81. The van der Waals surface area contributed by atoms with E-state index in [4.69, 9.17) is 0 Å². The zero-order valence-corrected chi connectivity index (χ0v) is 18.2. The first kappa shape index (κ1) is 21.2. The molecule has 5 nitrogen and oxygen atoms in total. The fourth-order valence-corrected chi connectivity index (χ4v) is 4.39. The van der Waals surface area contributed by atoms with Crippen LogP contribution in [0, 0.1) is 6.92 Å². The summed E-state index contributed by atoms with van der Waals surface area (Å²) in [5.74, 6) is -0.275. The van der Waals surface area contributed by atoms with Crippen LogP contribution >= 0.6 is 15.9 Å². The molecule has 0 aliphatic heterocycles. The summed E-state index contributed by atoms with van der Waals surface area (Å²) in [7, 11) is -3.80. The highest BCUT2D eigenvalue weighted by Gasteiger charge is 2.23. The van der Waals surface area contributed by atoms with Crippen LogP contribution in [-0.2, 0) is 14.8 Å². The molecule has 1 atom stereocenters. The third-order valence-corrected chi connectivity index (χ3v) is 6.33. The summed E-state index contributed by atoms with van der Waals surface area (Å²) in [5.41, 5.74) is 2.42. The monoisotopic (exact) mass is 472 g/mol. The van der Waals surface area contributed by atoms with Crippen LogP contribution in [0.15, 0.2) is 88.2 Å². The summed E-state index contributed by atoms with van der Waals surface area (Å²) in [5, 5.41) is 2.84. The molecule has 150 valence electrons. The number of halogens is 1. The average molecular weight is 473 g/mol. The first-order valence-electron chi connectivity index (χ1n) is 9.03. The van der Waals surface area contributed by atoms with Gasteiger partial charge in [0.25, 0.3) is 0 Å². The number of nitrogens with one attached hydrogen (secondary N) is 2. The predicted molar refractivity (Wildman–Crippen MR) is 118 cm³/mol. The molecule has 1 amide bonds. The van der Waals surface area contributed by atoms with E-state index in [0.717, 1.165) is 10.0 Å². The zero-order valence-electron chi connectivity index (χ0n) is 15.8. The van der Waals surface area contributed by atoms with Gasteiger partial charge in [0.15, 0.2) is 0 Å². The lowest BCUT2D eigenvalue weighted by atomic mass is 10.0. The van der Waals surface area contributed by atoms with Gasteiger partial charge in [-0.1, -0.05) is 58.4 Å². The minimum Gasteiger partial charge on any atom is -0.326 e. The molecule has 3 aromatic carbocycles. The van der Waals surface area contributed by atoms with Crippen LogP contribution < -0.4 is 10.0 Å². The number of carbonyl (C=O) groups excluding carboxylic acids is 1. The molecule has 0 aliphatic rings. The Morgan fingerprint density at radius 3 is 2.31 bits per heavy atom. The molecular weight excluding hydrogens is 452 g/mol. The topological polar surface area (TPSA) is 75.3 Å². The summed E-state index contributed by atoms with van der Waals surface area (Å²) in [6.45, 7) is 1.94. The molecule has 0 aliphatic carbocycles. The molecule has 0 heterocycles. The third kappa shape index (κ3) is 6.00. The van der Waals surface area contributed by atoms with Gasteiger partial charge in [0, 0.05) is 16.6 Å². The van der Waals surface area contributed by atoms with Gasteiger partial charge in [-0.25, -0.2) is 13.1 Å². The maximum absolute atomic E-state index is 12.9. The van der Waals surface area contributed by atoms with Crippen LogP contribution in [0.1, 0.15) is 23.6 Å². The number of sulfonamides is 1. The highest BCUT2D eigenvalue weighted by atomic mass is 79.9. The number of aryl methyl sites for hydroxylation is 1. The van der Waals surface area contributed by atoms with E-state index in [1.54, 1.807) is 30.3 Å². The lowest BCUT2D eigenvalue weighted by molar-refractivity contribution is -0.116. The van der Waals surface area contributed by atoms with Crippen molar-refractivity contribution in [3.8, 4) is 0 Å². The maximum atomic E-state index is 12.9. The second kappa shape index (κ2) is 9.35. The van der Waals surface area contributed by atoms with E-state index < -0.39 is 16.1 Å². The van der Waals surface area contributed by atoms with Crippen molar-refractivity contribution in [1.29, 1.82) is 0 Å². The van der Waals surface area contributed by atoms with Crippen molar-refractivity contribution in [3.05, 3.63) is 94.5 Å². The molecule has 3 aromatic rings. The van der Waals surface area contributed by atoms with Crippen molar-refractivity contribution in [2.75, 3.05) is 5.32 Å². The SMILES string of the molecule is Cc1cccc(NC(=O)CC(NS(=O)(=O)c2ccc(Br)cc2)c2ccccc2)c1. The van der Waals surface area contributed by atoms with Gasteiger partial charge in [-0.3, -0.25) is 4.79 Å². The molecule has 0 saturated heterocycles. The van der Waals surface area contributed by atoms with Gasteiger partial charge in [-0.05, 0) is 54.4 Å². The number of anilines is 1. The Hall–Kier alpha value is -2.48. The van der Waals surface area contributed by atoms with Crippen LogP contribution in [-0.4, -0.2) is 14.3 Å². The molecule has 0 radical (unpaired) electrons. The van der Waals surface area contributed by atoms with E-state index >= 15 is 0 Å². The molecule has 0 fully saturated rings. The van der Waals surface area contributed by atoms with E-state index in [1.807, 2.05) is 43.3 Å². The fourth-order valence-electron chi connectivity index (χ4n) is 2.90. The summed E-state index contributed by atoms with van der Waals surface area (Å²) in [6, 6.07) is 22.2. The zero-order chi connectivity index (χ0) is 20.9. The van der Waals surface area contributed by atoms with E-state index in [2.05, 4.69) is 26.0 Å². The highest BCUT2D eigenvalue weighted by molar-refractivity contribution is 9.10. The summed E-state index contributed by atoms with van der Waals surface area (Å²) >= 11 is 3.30. The summed E-state index contributed by atoms with van der Waals surface area (Å²) in [6.07, 6.45) is -0.0340. The van der Waals surface area contributed by atoms with Crippen molar-refractivity contribution in [1.82, 2.24) is 4.72 Å². The largest absolute Gasteiger partial charge is 0.326 e. The van der Waals surface area contributed by atoms with Gasteiger partial charge in [-0.2, -0.15) is 0 Å². The van der Waals surface area contributed by atoms with Crippen LogP contribution in [0.25, 0.3) is 0 Å². The first-order valence-corrected chi connectivity index (χ1v) is 11.3. The predicted octanol–water partition coefficient (Wildman–Crippen LogP) is 4.81. The van der Waals surface area contributed by atoms with E-state index in [0.29, 0.717) is 11.3 Å². The Bertz CT molecular complexity index is 1080. The van der Waals surface area contributed by atoms with Crippen LogP contribution in [0.4, 0.5) is 5.69 Å². The summed E-state index contributed by atoms with van der Waals surface area (Å²) < 4.78 is 29.2. The normalized spacial score (nSPS) is 12.3. The van der Waals surface area contributed by atoms with Gasteiger partial charge in [0.1, 0.15) is 0 Å². The molecule has 0 bridgehead atoms. The highest BCUT2D eigenvalue weighted by Crippen LogP contribution is 2.22. The second-order valence-electron chi connectivity index (χ2n) is 6.66. The molecule has 2 N–H and O–H groups in total. The standard InChI is InChI=1S/C22H21BrN2O3S/c1-16-6-5-9-19(14-16)24-22(26)15-21(17-7-3-2-4-8-17)25-29(27,28)20-12-10-18(23)11-13-20/h2-14,21,25H,15H2,1H3,(H,24,26). The first-order chi connectivity index (χ1) is 13.8. The van der Waals surface area contributed by atoms with Crippen molar-refractivity contribution in [3.63, 3.8) is 0 Å². The number of carbonyl (C=O) groups is 1. The smallest absolute Gasteiger partial charge is 0.241 e. The molecule has 0 aromatic heterocycles. The number of benzene rings is 3. The molecule has 0 spiro atoms. The van der Waals surface area contributed by atoms with E-state index in [-0.39, 0.29) is 17.2 Å². The Kier molecular flexibility index (Phi) is 6.84. The summed E-state index contributed by atoms with van der Waals surface area (Å²) in [4.78, 5) is 12.8. The quantitative estimate of drug-likeness (QED) is 0.518. The van der Waals surface area contributed by atoms with Crippen molar-refractivity contribution in [2.24, 2.45) is 0 Å². The minimum atomic E-state index is -3.80. The average Bonchev–Trinajstić information content (AvgIpc) is 2.68. The number of hydrogen-bond acceptors (Lipinski definition) is 3. The van der Waals surface area contributed by atoms with Gasteiger partial charge in [0.05, 0.1) is 10.9 Å². The van der Waals surface area contributed by atoms with E-state index in [9.17, 15) is 13.2 Å². The number of rotatable bonds is 7. The second-order valence-corrected chi connectivity index (χ2v) is 9.29. The lowest BCUT2D eigenvalue weighted by Crippen LogP contribution is -2.31. The third-order valence-electron chi connectivity index (χ3n) is 4.31. The fraction of sp³-hybridized carbons (Fsp3) is 0.136. The van der Waals surface area contributed by atoms with E-state index in [1.165, 1.54) is 12.1 Å². The Labute approximate surface area is 179 Å². The molecule has 0 saturated carbocycles. The molecule has 29 heavy (non-hydrogen) atoms. The van der Waals surface area contributed by atoms with Gasteiger partial charge in [-0.15, -0.1) is 0 Å². The van der Waals surface area contributed by atoms with Crippen molar-refractivity contribution >= 4 is 37.5 Å². The lowest BCUT2D eigenvalue weighted by Gasteiger charge is -2.19. The molecular formula is C22H21BrN2O3S. The molecule has 3 rings (SSSR count). The number of amides is 1. The van der Waals surface area contributed by atoms with Gasteiger partial charge in [0.2, 0.25) is 15.9 Å². The van der Waals surface area contributed by atoms with Crippen LogP contribution in [0.3, 0.4) is 0 Å².